The first kappa shape index (κ1) is 8.63. The molecule has 1 N–H and O–H groups in total. The molecule has 1 aromatic heterocycles. The van der Waals surface area contributed by atoms with Crippen LogP contribution in [0.3, 0.4) is 0 Å². The Morgan fingerprint density at radius 2 is 2.07 bits per heavy atom. The molecule has 2 heteroatoms. The van der Waals surface area contributed by atoms with E-state index in [0.29, 0.717) is 5.76 Å². The Labute approximate surface area is 82.2 Å². The van der Waals surface area contributed by atoms with E-state index < -0.39 is 0 Å². The number of rotatable bonds is 2. The van der Waals surface area contributed by atoms with Gasteiger partial charge in [-0.05, 0) is 23.8 Å². The lowest BCUT2D eigenvalue weighted by Gasteiger charge is -1.92. The van der Waals surface area contributed by atoms with Gasteiger partial charge in [0, 0.05) is 0 Å². The van der Waals surface area contributed by atoms with Gasteiger partial charge in [0.05, 0.1) is 6.26 Å². The van der Waals surface area contributed by atoms with Gasteiger partial charge in [-0.2, -0.15) is 0 Å². The molecule has 0 aromatic carbocycles. The molecule has 0 fully saturated rings. The molecule has 1 heterocycles. The second-order valence-corrected chi connectivity index (χ2v) is 2.91. The van der Waals surface area contributed by atoms with E-state index in [0.717, 1.165) is 5.57 Å². The quantitative estimate of drug-likeness (QED) is 0.719. The smallest absolute Gasteiger partial charge is 0.168 e. The van der Waals surface area contributed by atoms with E-state index in [9.17, 15) is 5.11 Å². The molecule has 2 nitrogen and oxygen atoms in total. The van der Waals surface area contributed by atoms with E-state index >= 15 is 0 Å². The highest BCUT2D eigenvalue weighted by molar-refractivity contribution is 5.56. The zero-order valence-electron chi connectivity index (χ0n) is 7.55. The molecule has 0 saturated carbocycles. The van der Waals surface area contributed by atoms with Crippen molar-refractivity contribution in [2.75, 3.05) is 0 Å². The van der Waals surface area contributed by atoms with Crippen molar-refractivity contribution in [1.29, 1.82) is 0 Å². The Hall–Kier alpha value is -1.96. The molecular formula is C12H10O2. The Kier molecular flexibility index (Phi) is 2.36. The van der Waals surface area contributed by atoms with Crippen LogP contribution in [0.1, 0.15) is 5.76 Å². The largest absolute Gasteiger partial charge is 0.504 e. The fourth-order valence-electron chi connectivity index (χ4n) is 1.18. The summed E-state index contributed by atoms with van der Waals surface area (Å²) in [4.78, 5) is 0. The van der Waals surface area contributed by atoms with Crippen LogP contribution in [0.5, 0.6) is 0 Å². The van der Waals surface area contributed by atoms with Crippen molar-refractivity contribution >= 4 is 5.76 Å². The maximum Gasteiger partial charge on any atom is 0.168 e. The molecule has 0 atom stereocenters. The number of hydrogen-bond acceptors (Lipinski definition) is 2. The zero-order chi connectivity index (χ0) is 9.80. The molecule has 1 aromatic rings. The van der Waals surface area contributed by atoms with Crippen molar-refractivity contribution in [3.63, 3.8) is 0 Å². The third-order valence-electron chi connectivity index (χ3n) is 1.90. The summed E-state index contributed by atoms with van der Waals surface area (Å²) in [6.45, 7) is 0. The lowest BCUT2D eigenvalue weighted by Crippen LogP contribution is -1.76. The monoisotopic (exact) mass is 186 g/mol. The first-order chi connectivity index (χ1) is 6.86. The molecule has 0 unspecified atom stereocenters. The summed E-state index contributed by atoms with van der Waals surface area (Å²) in [6.07, 6.45) is 12.8. The van der Waals surface area contributed by atoms with E-state index in [2.05, 4.69) is 0 Å². The third-order valence-corrected chi connectivity index (χ3v) is 1.90. The number of hydrogen-bond donors (Lipinski definition) is 1. The Morgan fingerprint density at radius 3 is 2.71 bits per heavy atom. The minimum atomic E-state index is 0.135. The van der Waals surface area contributed by atoms with Crippen LogP contribution in [0.4, 0.5) is 0 Å². The van der Waals surface area contributed by atoms with Crippen molar-refractivity contribution in [3.8, 4) is 0 Å². The lowest BCUT2D eigenvalue weighted by atomic mass is 10.2. The van der Waals surface area contributed by atoms with Gasteiger partial charge in [-0.3, -0.25) is 0 Å². The van der Waals surface area contributed by atoms with Crippen LogP contribution >= 0.6 is 0 Å². The standard InChI is InChI=1S/C12H10O2/c13-11(12-6-3-9-14-12)8-7-10-4-1-2-5-10/h1-9,13H/b11-8+. The number of furan rings is 1. The van der Waals surface area contributed by atoms with Gasteiger partial charge in [-0.25, -0.2) is 0 Å². The van der Waals surface area contributed by atoms with Crippen LogP contribution in [0, 0.1) is 0 Å². The molecule has 70 valence electrons. The molecule has 0 radical (unpaired) electrons. The van der Waals surface area contributed by atoms with E-state index in [4.69, 9.17) is 4.42 Å². The van der Waals surface area contributed by atoms with E-state index in [1.54, 1.807) is 18.2 Å². The Bertz CT molecular complexity index is 403. The van der Waals surface area contributed by atoms with Gasteiger partial charge in [0.25, 0.3) is 0 Å². The summed E-state index contributed by atoms with van der Waals surface area (Å²) in [5.74, 6) is 0.615. The molecule has 1 aliphatic carbocycles. The molecule has 2 rings (SSSR count). The summed E-state index contributed by atoms with van der Waals surface area (Å²) in [5, 5.41) is 9.54. The van der Waals surface area contributed by atoms with Crippen LogP contribution in [-0.4, -0.2) is 5.11 Å². The first-order valence-electron chi connectivity index (χ1n) is 4.36. The fourth-order valence-corrected chi connectivity index (χ4v) is 1.18. The third kappa shape index (κ3) is 1.85. The zero-order valence-corrected chi connectivity index (χ0v) is 7.55. The second kappa shape index (κ2) is 3.83. The number of aliphatic hydroxyl groups excluding tert-OH is 1. The topological polar surface area (TPSA) is 33.4 Å². The van der Waals surface area contributed by atoms with Gasteiger partial charge in [0.15, 0.2) is 11.5 Å². The predicted octanol–water partition coefficient (Wildman–Crippen LogP) is 3.23. The molecule has 0 aliphatic heterocycles. The second-order valence-electron chi connectivity index (χ2n) is 2.91. The van der Waals surface area contributed by atoms with Crippen molar-refractivity contribution < 1.29 is 9.52 Å². The summed E-state index contributed by atoms with van der Waals surface area (Å²) < 4.78 is 5.03. The number of aliphatic hydroxyl groups is 1. The Morgan fingerprint density at radius 1 is 1.29 bits per heavy atom. The minimum absolute atomic E-state index is 0.135. The van der Waals surface area contributed by atoms with Crippen molar-refractivity contribution in [1.82, 2.24) is 0 Å². The van der Waals surface area contributed by atoms with Crippen LogP contribution in [0.25, 0.3) is 5.76 Å². The van der Waals surface area contributed by atoms with Crippen molar-refractivity contribution in [2.24, 2.45) is 0 Å². The summed E-state index contributed by atoms with van der Waals surface area (Å²) in [6, 6.07) is 3.45. The normalized spacial score (nSPS) is 15.1. The average molecular weight is 186 g/mol. The molecular weight excluding hydrogens is 176 g/mol. The van der Waals surface area contributed by atoms with Gasteiger partial charge in [-0.15, -0.1) is 0 Å². The fraction of sp³-hybridized carbons (Fsp3) is 0. The Balaban J connectivity index is 2.16. The van der Waals surface area contributed by atoms with Gasteiger partial charge in [-0.1, -0.05) is 30.4 Å². The molecule has 0 spiro atoms. The summed E-state index contributed by atoms with van der Waals surface area (Å²) in [7, 11) is 0. The average Bonchev–Trinajstić information content (AvgIpc) is 2.87. The highest BCUT2D eigenvalue weighted by atomic mass is 16.4. The van der Waals surface area contributed by atoms with Crippen LogP contribution in [-0.2, 0) is 0 Å². The van der Waals surface area contributed by atoms with E-state index in [-0.39, 0.29) is 5.76 Å². The van der Waals surface area contributed by atoms with E-state index in [1.807, 2.05) is 30.4 Å². The van der Waals surface area contributed by atoms with Gasteiger partial charge < -0.3 is 9.52 Å². The number of allylic oxidation sites excluding steroid dienone is 7. The predicted molar refractivity (Wildman–Crippen MR) is 55.7 cm³/mol. The van der Waals surface area contributed by atoms with Crippen molar-refractivity contribution in [3.05, 3.63) is 66.2 Å². The van der Waals surface area contributed by atoms with E-state index in [1.165, 1.54) is 6.26 Å². The molecule has 0 saturated heterocycles. The molecule has 14 heavy (non-hydrogen) atoms. The van der Waals surface area contributed by atoms with Crippen LogP contribution in [0.15, 0.2) is 64.8 Å². The minimum Gasteiger partial charge on any atom is -0.504 e. The SMILES string of the molecule is O/C(=C/C=C1C=CC=C1)c1ccco1. The van der Waals surface area contributed by atoms with Gasteiger partial charge in [0.1, 0.15) is 0 Å². The summed E-state index contributed by atoms with van der Waals surface area (Å²) in [5.41, 5.74) is 1.06. The summed E-state index contributed by atoms with van der Waals surface area (Å²) >= 11 is 0. The first-order valence-corrected chi connectivity index (χ1v) is 4.36. The van der Waals surface area contributed by atoms with Gasteiger partial charge >= 0.3 is 0 Å². The van der Waals surface area contributed by atoms with Crippen molar-refractivity contribution in [2.45, 2.75) is 0 Å². The molecule has 1 aliphatic rings. The highest BCUT2D eigenvalue weighted by Gasteiger charge is 1.99. The van der Waals surface area contributed by atoms with Crippen LogP contribution < -0.4 is 0 Å². The van der Waals surface area contributed by atoms with Gasteiger partial charge in [0.2, 0.25) is 0 Å². The molecule has 0 amide bonds. The highest BCUT2D eigenvalue weighted by Crippen LogP contribution is 2.13. The lowest BCUT2D eigenvalue weighted by molar-refractivity contribution is 0.459. The molecule has 0 bridgehead atoms. The van der Waals surface area contributed by atoms with Crippen LogP contribution in [0.2, 0.25) is 0 Å². The maximum atomic E-state index is 9.54. The maximum absolute atomic E-state index is 9.54.